The molecule has 1 atom stereocenters. The van der Waals surface area contributed by atoms with E-state index in [2.05, 4.69) is 40.7 Å². The summed E-state index contributed by atoms with van der Waals surface area (Å²) in [6, 6.07) is 1.35. The van der Waals surface area contributed by atoms with Gasteiger partial charge in [0.25, 0.3) is 5.95 Å². The molecule has 0 bridgehead atoms. The van der Waals surface area contributed by atoms with Gasteiger partial charge in [-0.2, -0.15) is 23.0 Å². The maximum atomic E-state index is 12.4. The van der Waals surface area contributed by atoms with Crippen LogP contribution in [0.4, 0.5) is 23.8 Å². The van der Waals surface area contributed by atoms with Crippen molar-refractivity contribution in [3.05, 3.63) is 43.0 Å². The van der Waals surface area contributed by atoms with E-state index in [1.165, 1.54) is 23.4 Å². The third-order valence-electron chi connectivity index (χ3n) is 3.15. The van der Waals surface area contributed by atoms with Crippen molar-refractivity contribution < 1.29 is 18.0 Å². The van der Waals surface area contributed by atoms with Crippen LogP contribution in [0.25, 0.3) is 5.95 Å². The lowest BCUT2D eigenvalue weighted by Gasteiger charge is -2.14. The lowest BCUT2D eigenvalue weighted by molar-refractivity contribution is -0.0329. The Morgan fingerprint density at radius 1 is 1.14 bits per heavy atom. The number of alkyl halides is 3. The number of aromatic nitrogens is 7. The summed E-state index contributed by atoms with van der Waals surface area (Å²) in [7, 11) is 0. The van der Waals surface area contributed by atoms with Crippen molar-refractivity contribution >= 4 is 23.6 Å². The normalized spacial score (nSPS) is 12.4. The van der Waals surface area contributed by atoms with Crippen molar-refractivity contribution in [1.29, 1.82) is 0 Å². The van der Waals surface area contributed by atoms with Crippen LogP contribution >= 0.6 is 11.8 Å². The number of thioether (sulfide) groups is 1. The highest BCUT2D eigenvalue weighted by Gasteiger charge is 2.30. The SMILES string of the molecule is C[C@H](NC(=O)Nc1cc(SC(F)(F)F)ncn1)c1ncnn1-c1ncccn1. The first-order valence-corrected chi connectivity index (χ1v) is 8.46. The van der Waals surface area contributed by atoms with E-state index in [0.29, 0.717) is 5.82 Å². The zero-order valence-corrected chi connectivity index (χ0v) is 14.9. The number of hydrogen-bond acceptors (Lipinski definition) is 8. The fourth-order valence-electron chi connectivity index (χ4n) is 2.10. The van der Waals surface area contributed by atoms with Crippen LogP contribution in [0.5, 0.6) is 0 Å². The molecule has 3 aromatic heterocycles. The third kappa shape index (κ3) is 5.12. The highest BCUT2D eigenvalue weighted by molar-refractivity contribution is 8.00. The number of anilines is 1. The van der Waals surface area contributed by atoms with E-state index in [4.69, 9.17) is 0 Å². The smallest absolute Gasteiger partial charge is 0.328 e. The number of nitrogens with one attached hydrogen (secondary N) is 2. The minimum absolute atomic E-state index is 0.0840. The van der Waals surface area contributed by atoms with E-state index in [0.717, 1.165) is 12.4 Å². The number of carbonyl (C=O) groups is 1. The maximum Gasteiger partial charge on any atom is 0.447 e. The predicted molar refractivity (Wildman–Crippen MR) is 91.5 cm³/mol. The second-order valence-corrected chi connectivity index (χ2v) is 6.27. The van der Waals surface area contributed by atoms with Gasteiger partial charge < -0.3 is 5.32 Å². The molecule has 0 radical (unpaired) electrons. The van der Waals surface area contributed by atoms with E-state index < -0.39 is 29.3 Å². The van der Waals surface area contributed by atoms with Gasteiger partial charge in [-0.1, -0.05) is 0 Å². The van der Waals surface area contributed by atoms with Gasteiger partial charge in [-0.3, -0.25) is 5.32 Å². The lowest BCUT2D eigenvalue weighted by Crippen LogP contribution is -2.33. The predicted octanol–water partition coefficient (Wildman–Crippen LogP) is 2.34. The summed E-state index contributed by atoms with van der Waals surface area (Å²) in [6.45, 7) is 1.65. The van der Waals surface area contributed by atoms with Gasteiger partial charge in [-0.25, -0.2) is 29.7 Å². The van der Waals surface area contributed by atoms with Crippen LogP contribution in [-0.4, -0.2) is 46.2 Å². The minimum atomic E-state index is -4.49. The highest BCUT2D eigenvalue weighted by Crippen LogP contribution is 2.35. The molecule has 0 aliphatic carbocycles. The summed E-state index contributed by atoms with van der Waals surface area (Å²) < 4.78 is 38.6. The Hall–Kier alpha value is -3.29. The first-order chi connectivity index (χ1) is 13.3. The van der Waals surface area contributed by atoms with Gasteiger partial charge in [-0.05, 0) is 13.0 Å². The molecule has 0 spiro atoms. The van der Waals surface area contributed by atoms with Crippen molar-refractivity contribution in [3.63, 3.8) is 0 Å². The fourth-order valence-corrected chi connectivity index (χ4v) is 2.60. The van der Waals surface area contributed by atoms with Gasteiger partial charge >= 0.3 is 11.5 Å². The topological polar surface area (TPSA) is 123 Å². The van der Waals surface area contributed by atoms with E-state index in [1.54, 1.807) is 13.0 Å². The zero-order chi connectivity index (χ0) is 20.1. The lowest BCUT2D eigenvalue weighted by atomic mass is 10.3. The Bertz CT molecular complexity index is 950. The summed E-state index contributed by atoms with van der Waals surface area (Å²) in [5.74, 6) is 0.547. The van der Waals surface area contributed by atoms with Gasteiger partial charge in [0.15, 0.2) is 5.82 Å². The largest absolute Gasteiger partial charge is 0.447 e. The molecule has 0 fully saturated rings. The van der Waals surface area contributed by atoms with Gasteiger partial charge in [0, 0.05) is 30.2 Å². The van der Waals surface area contributed by atoms with E-state index in [-0.39, 0.29) is 16.8 Å². The quantitative estimate of drug-likeness (QED) is 0.484. The average molecular weight is 411 g/mol. The standard InChI is InChI=1S/C14H12F3N9OS/c1-8(11-22-7-23-26(11)12-18-3-2-4-19-12)24-13(27)25-9-5-10(21-6-20-9)28-14(15,16)17/h2-8H,1H3,(H2,20,21,24,25,27)/t8-/m0/s1. The van der Waals surface area contributed by atoms with Gasteiger partial charge in [0.05, 0.1) is 6.04 Å². The summed E-state index contributed by atoms with van der Waals surface area (Å²) in [6.07, 6.45) is 5.28. The van der Waals surface area contributed by atoms with Gasteiger partial charge in [0.1, 0.15) is 23.5 Å². The fraction of sp³-hybridized carbons (Fsp3) is 0.214. The number of nitrogens with zero attached hydrogens (tertiary/aromatic N) is 7. The maximum absolute atomic E-state index is 12.4. The molecule has 28 heavy (non-hydrogen) atoms. The summed E-state index contributed by atoms with van der Waals surface area (Å²) in [4.78, 5) is 31.6. The highest BCUT2D eigenvalue weighted by atomic mass is 32.2. The number of halogens is 3. The second-order valence-electron chi connectivity index (χ2n) is 5.19. The Kier molecular flexibility index (Phi) is 5.67. The van der Waals surface area contributed by atoms with Crippen LogP contribution in [-0.2, 0) is 0 Å². The number of urea groups is 1. The third-order valence-corrected chi connectivity index (χ3v) is 3.82. The molecule has 0 saturated heterocycles. The van der Waals surface area contributed by atoms with Crippen molar-refractivity contribution in [2.45, 2.75) is 23.5 Å². The molecule has 146 valence electrons. The zero-order valence-electron chi connectivity index (χ0n) is 14.1. The molecule has 3 rings (SSSR count). The molecule has 0 aliphatic heterocycles. The summed E-state index contributed by atoms with van der Waals surface area (Å²) >= 11 is -0.405. The van der Waals surface area contributed by atoms with Gasteiger partial charge in [0.2, 0.25) is 0 Å². The Balaban J connectivity index is 1.66. The van der Waals surface area contributed by atoms with Crippen LogP contribution in [0.15, 0.2) is 42.2 Å². The first kappa shape index (κ1) is 19.5. The molecule has 3 heterocycles. The van der Waals surface area contributed by atoms with Crippen molar-refractivity contribution in [1.82, 2.24) is 40.0 Å². The number of rotatable bonds is 5. The van der Waals surface area contributed by atoms with Crippen molar-refractivity contribution in [3.8, 4) is 5.95 Å². The van der Waals surface area contributed by atoms with Crippen LogP contribution < -0.4 is 10.6 Å². The molecule has 3 aromatic rings. The molecule has 10 nitrogen and oxygen atoms in total. The van der Waals surface area contributed by atoms with Gasteiger partial charge in [-0.15, -0.1) is 0 Å². The minimum Gasteiger partial charge on any atom is -0.328 e. The van der Waals surface area contributed by atoms with Crippen LogP contribution in [0.1, 0.15) is 18.8 Å². The van der Waals surface area contributed by atoms with E-state index >= 15 is 0 Å². The first-order valence-electron chi connectivity index (χ1n) is 7.64. The summed E-state index contributed by atoms with van der Waals surface area (Å²) in [5.41, 5.74) is -4.49. The van der Waals surface area contributed by atoms with Crippen LogP contribution in [0.2, 0.25) is 0 Å². The molecule has 2 N–H and O–H groups in total. The summed E-state index contributed by atoms with van der Waals surface area (Å²) in [5, 5.41) is 8.62. The number of hydrogen-bond donors (Lipinski definition) is 2. The Morgan fingerprint density at radius 3 is 2.61 bits per heavy atom. The Morgan fingerprint density at radius 2 is 1.89 bits per heavy atom. The van der Waals surface area contributed by atoms with Crippen LogP contribution in [0, 0.1) is 0 Å². The number of carbonyl (C=O) groups excluding carboxylic acids is 1. The van der Waals surface area contributed by atoms with Crippen LogP contribution in [0.3, 0.4) is 0 Å². The Labute approximate surface area is 160 Å². The van der Waals surface area contributed by atoms with Crippen molar-refractivity contribution in [2.24, 2.45) is 0 Å². The van der Waals surface area contributed by atoms with E-state index in [9.17, 15) is 18.0 Å². The van der Waals surface area contributed by atoms with E-state index in [1.807, 2.05) is 0 Å². The number of amides is 2. The molecular weight excluding hydrogens is 399 g/mol. The second kappa shape index (κ2) is 8.16. The molecular formula is C14H12F3N9OS. The molecule has 0 aromatic carbocycles. The average Bonchev–Trinajstić information content (AvgIpc) is 3.11. The monoisotopic (exact) mass is 411 g/mol. The molecule has 14 heteroatoms. The molecule has 2 amide bonds. The molecule has 0 aliphatic rings. The molecule has 0 saturated carbocycles. The molecule has 0 unspecified atom stereocenters. The van der Waals surface area contributed by atoms with Crippen molar-refractivity contribution in [2.75, 3.05) is 5.32 Å².